The fraction of sp³-hybridized carbons (Fsp3) is 0.286. The van der Waals surface area contributed by atoms with Crippen molar-refractivity contribution in [2.75, 3.05) is 19.8 Å². The van der Waals surface area contributed by atoms with Gasteiger partial charge in [0.2, 0.25) is 0 Å². The predicted molar refractivity (Wildman–Crippen MR) is 71.9 cm³/mol. The van der Waals surface area contributed by atoms with Crippen LogP contribution in [0.5, 0.6) is 0 Å². The monoisotopic (exact) mass is 230 g/mol. The molecule has 0 bridgehead atoms. The van der Waals surface area contributed by atoms with Gasteiger partial charge in [-0.1, -0.05) is 30.4 Å². The van der Waals surface area contributed by atoms with Gasteiger partial charge < -0.3 is 11.5 Å². The summed E-state index contributed by atoms with van der Waals surface area (Å²) in [7, 11) is 4.16. The van der Waals surface area contributed by atoms with Crippen molar-refractivity contribution in [2.24, 2.45) is 0 Å². The SMILES string of the molecule is CN(C)C1C=CC(c2ccc(N)cc2[NH3+])C=C1. The average molecular weight is 230 g/mol. The first-order valence-corrected chi connectivity index (χ1v) is 5.82. The lowest BCUT2D eigenvalue weighted by Crippen LogP contribution is -2.41. The molecule has 0 aromatic heterocycles. The van der Waals surface area contributed by atoms with Crippen LogP contribution in [0.3, 0.4) is 0 Å². The standard InChI is InChI=1S/C14H19N3/c1-17(2)12-6-3-10(4-7-12)13-8-5-11(15)9-14(13)16/h3-10,12H,15-16H2,1-2H3/p+1. The Balaban J connectivity index is 2.21. The molecule has 1 aliphatic carbocycles. The van der Waals surface area contributed by atoms with E-state index >= 15 is 0 Å². The van der Waals surface area contributed by atoms with E-state index in [4.69, 9.17) is 5.73 Å². The minimum absolute atomic E-state index is 0.319. The lowest BCUT2D eigenvalue weighted by molar-refractivity contribution is -0.255. The molecule has 5 N–H and O–H groups in total. The van der Waals surface area contributed by atoms with Gasteiger partial charge in [-0.25, -0.2) is 0 Å². The summed E-state index contributed by atoms with van der Waals surface area (Å²) in [5.41, 5.74) is 12.8. The molecule has 0 fully saturated rings. The van der Waals surface area contributed by atoms with E-state index in [2.05, 4.69) is 55.1 Å². The first-order chi connectivity index (χ1) is 8.08. The fourth-order valence-electron chi connectivity index (χ4n) is 2.10. The number of benzene rings is 1. The van der Waals surface area contributed by atoms with Crippen molar-refractivity contribution in [1.29, 1.82) is 0 Å². The summed E-state index contributed by atoms with van der Waals surface area (Å²) < 4.78 is 0. The molecule has 1 aromatic rings. The zero-order valence-corrected chi connectivity index (χ0v) is 10.4. The summed E-state index contributed by atoms with van der Waals surface area (Å²) in [5.74, 6) is 0.319. The molecule has 0 unspecified atom stereocenters. The molecule has 3 heteroatoms. The molecule has 0 saturated heterocycles. The Morgan fingerprint density at radius 3 is 2.29 bits per heavy atom. The van der Waals surface area contributed by atoms with Gasteiger partial charge in [-0.3, -0.25) is 4.90 Å². The van der Waals surface area contributed by atoms with Crippen molar-refractivity contribution in [3.8, 4) is 0 Å². The van der Waals surface area contributed by atoms with Crippen molar-refractivity contribution in [1.82, 2.24) is 4.90 Å². The molecule has 0 atom stereocenters. The topological polar surface area (TPSA) is 56.9 Å². The Morgan fingerprint density at radius 1 is 1.12 bits per heavy atom. The smallest absolute Gasteiger partial charge is 0.134 e. The highest BCUT2D eigenvalue weighted by Crippen LogP contribution is 2.28. The number of likely N-dealkylation sites (N-methyl/N-ethyl adjacent to an activating group) is 1. The molecule has 0 aliphatic heterocycles. The second-order valence-corrected chi connectivity index (χ2v) is 4.71. The maximum Gasteiger partial charge on any atom is 0.134 e. The van der Waals surface area contributed by atoms with Crippen LogP contribution in [0.2, 0.25) is 0 Å². The number of quaternary nitrogens is 1. The zero-order valence-electron chi connectivity index (χ0n) is 10.4. The van der Waals surface area contributed by atoms with E-state index in [1.54, 1.807) is 0 Å². The van der Waals surface area contributed by atoms with Crippen LogP contribution in [-0.2, 0) is 0 Å². The molecule has 90 valence electrons. The molecule has 3 nitrogen and oxygen atoms in total. The lowest BCUT2D eigenvalue weighted by Gasteiger charge is -2.22. The second kappa shape index (κ2) is 4.73. The Labute approximate surface area is 102 Å². The van der Waals surface area contributed by atoms with E-state index in [-0.39, 0.29) is 0 Å². The highest BCUT2D eigenvalue weighted by atomic mass is 15.1. The minimum Gasteiger partial charge on any atom is -0.399 e. The third kappa shape index (κ3) is 2.57. The summed E-state index contributed by atoms with van der Waals surface area (Å²) in [6, 6.07) is 6.32. The lowest BCUT2D eigenvalue weighted by atomic mass is 9.91. The highest BCUT2D eigenvalue weighted by Gasteiger charge is 2.15. The zero-order chi connectivity index (χ0) is 12.4. The maximum absolute atomic E-state index is 5.74. The van der Waals surface area contributed by atoms with E-state index in [9.17, 15) is 0 Å². The van der Waals surface area contributed by atoms with E-state index in [1.807, 2.05) is 12.1 Å². The third-order valence-corrected chi connectivity index (χ3v) is 3.15. The van der Waals surface area contributed by atoms with Crippen LogP contribution in [0, 0.1) is 0 Å². The molecular weight excluding hydrogens is 210 g/mol. The summed E-state index contributed by atoms with van der Waals surface area (Å²) in [6.07, 6.45) is 8.90. The number of nitrogen functional groups attached to an aromatic ring is 1. The van der Waals surface area contributed by atoms with E-state index in [0.717, 1.165) is 11.4 Å². The summed E-state index contributed by atoms with van der Waals surface area (Å²) in [5, 5.41) is 0. The van der Waals surface area contributed by atoms with Gasteiger partial charge in [0.05, 0.1) is 0 Å². The molecule has 2 rings (SSSR count). The normalized spacial score (nSPS) is 23.3. The van der Waals surface area contributed by atoms with E-state index < -0.39 is 0 Å². The Hall–Kier alpha value is -1.58. The first-order valence-electron chi connectivity index (χ1n) is 5.82. The van der Waals surface area contributed by atoms with E-state index in [1.165, 1.54) is 5.56 Å². The second-order valence-electron chi connectivity index (χ2n) is 4.71. The van der Waals surface area contributed by atoms with Gasteiger partial charge in [-0.05, 0) is 20.2 Å². The number of allylic oxidation sites excluding steroid dienone is 2. The number of hydrogen-bond donors (Lipinski definition) is 2. The average Bonchev–Trinajstić information content (AvgIpc) is 2.29. The van der Waals surface area contributed by atoms with Crippen molar-refractivity contribution in [3.63, 3.8) is 0 Å². The molecule has 0 saturated carbocycles. The quantitative estimate of drug-likeness (QED) is 0.594. The number of hydrogen-bond acceptors (Lipinski definition) is 2. The van der Waals surface area contributed by atoms with Crippen LogP contribution >= 0.6 is 0 Å². The predicted octanol–water partition coefficient (Wildman–Crippen LogP) is 1.28. The molecule has 0 amide bonds. The van der Waals surface area contributed by atoms with Crippen LogP contribution in [-0.4, -0.2) is 25.0 Å². The van der Waals surface area contributed by atoms with Gasteiger partial charge in [0.1, 0.15) is 5.69 Å². The summed E-state index contributed by atoms with van der Waals surface area (Å²) >= 11 is 0. The molecule has 1 aromatic carbocycles. The van der Waals surface area contributed by atoms with Gasteiger partial charge >= 0.3 is 0 Å². The van der Waals surface area contributed by atoms with Crippen molar-refractivity contribution >= 4 is 11.4 Å². The van der Waals surface area contributed by atoms with Crippen LogP contribution in [0.15, 0.2) is 42.5 Å². The third-order valence-electron chi connectivity index (χ3n) is 3.15. The maximum atomic E-state index is 5.74. The fourth-order valence-corrected chi connectivity index (χ4v) is 2.10. The van der Waals surface area contributed by atoms with Crippen molar-refractivity contribution < 1.29 is 5.73 Å². The molecular formula is C14H20N3+. The van der Waals surface area contributed by atoms with Crippen LogP contribution in [0.4, 0.5) is 11.4 Å². The van der Waals surface area contributed by atoms with Gasteiger partial charge in [0.15, 0.2) is 0 Å². The van der Waals surface area contributed by atoms with Crippen LogP contribution in [0.1, 0.15) is 11.5 Å². The Morgan fingerprint density at radius 2 is 1.76 bits per heavy atom. The molecule has 1 aliphatic rings. The van der Waals surface area contributed by atoms with E-state index in [0.29, 0.717) is 12.0 Å². The number of nitrogens with two attached hydrogens (primary N) is 1. The summed E-state index contributed by atoms with van der Waals surface area (Å²) in [6.45, 7) is 0. The van der Waals surface area contributed by atoms with Crippen LogP contribution < -0.4 is 11.5 Å². The number of rotatable bonds is 2. The summed E-state index contributed by atoms with van der Waals surface area (Å²) in [4.78, 5) is 2.18. The Kier molecular flexibility index (Phi) is 3.31. The molecule has 0 radical (unpaired) electrons. The number of nitrogens with zero attached hydrogens (tertiary/aromatic N) is 1. The molecule has 0 heterocycles. The highest BCUT2D eigenvalue weighted by molar-refractivity contribution is 5.55. The van der Waals surface area contributed by atoms with Crippen LogP contribution in [0.25, 0.3) is 0 Å². The number of anilines is 1. The minimum atomic E-state index is 0.319. The first kappa shape index (κ1) is 11.9. The van der Waals surface area contributed by atoms with Crippen molar-refractivity contribution in [3.05, 3.63) is 48.1 Å². The Bertz CT molecular complexity index is 447. The van der Waals surface area contributed by atoms with Crippen molar-refractivity contribution in [2.45, 2.75) is 12.0 Å². The molecule has 17 heavy (non-hydrogen) atoms. The molecule has 0 spiro atoms. The largest absolute Gasteiger partial charge is 0.399 e. The van der Waals surface area contributed by atoms with Gasteiger partial charge in [0.25, 0.3) is 0 Å². The van der Waals surface area contributed by atoms with Gasteiger partial charge in [0, 0.05) is 29.3 Å². The van der Waals surface area contributed by atoms with Gasteiger partial charge in [-0.15, -0.1) is 0 Å². The van der Waals surface area contributed by atoms with Gasteiger partial charge in [-0.2, -0.15) is 0 Å².